The standard InChI is InChI=1S/C20H28O3/c1-6-13-12(2)14(21)11-16-19(5)9-8-17(22)18(3,4)15(19)7-10-20(13,16)23/h6,11,15,17,22-23H,1,7-10H2,2-5H3/t15-,17-,19-,20+/m1/s1. The number of allylic oxidation sites excluding steroid dienone is 2. The second kappa shape index (κ2) is 4.90. The summed E-state index contributed by atoms with van der Waals surface area (Å²) in [6.45, 7) is 12.0. The van der Waals surface area contributed by atoms with Crippen LogP contribution in [0.2, 0.25) is 0 Å². The molecule has 0 amide bonds. The summed E-state index contributed by atoms with van der Waals surface area (Å²) >= 11 is 0. The second-order valence-corrected chi connectivity index (χ2v) is 8.41. The molecule has 0 aromatic carbocycles. The fourth-order valence-corrected chi connectivity index (χ4v) is 5.58. The zero-order chi connectivity index (χ0) is 17.2. The Bertz CT molecular complexity index is 639. The van der Waals surface area contributed by atoms with Gasteiger partial charge in [0.05, 0.1) is 6.10 Å². The molecule has 3 nitrogen and oxygen atoms in total. The summed E-state index contributed by atoms with van der Waals surface area (Å²) in [5.41, 5.74) is 0.547. The van der Waals surface area contributed by atoms with E-state index in [1.54, 1.807) is 19.1 Å². The highest BCUT2D eigenvalue weighted by Crippen LogP contribution is 2.63. The Kier molecular flexibility index (Phi) is 3.55. The molecule has 4 atom stereocenters. The lowest BCUT2D eigenvalue weighted by atomic mass is 9.45. The molecule has 0 aliphatic heterocycles. The molecule has 0 saturated heterocycles. The molecule has 0 unspecified atom stereocenters. The lowest BCUT2D eigenvalue weighted by Crippen LogP contribution is -2.58. The van der Waals surface area contributed by atoms with Gasteiger partial charge >= 0.3 is 0 Å². The molecule has 3 rings (SSSR count). The van der Waals surface area contributed by atoms with E-state index >= 15 is 0 Å². The fourth-order valence-electron chi connectivity index (χ4n) is 5.58. The largest absolute Gasteiger partial charge is 0.393 e. The van der Waals surface area contributed by atoms with E-state index < -0.39 is 5.60 Å². The topological polar surface area (TPSA) is 57.5 Å². The number of ketones is 1. The first-order chi connectivity index (χ1) is 10.6. The van der Waals surface area contributed by atoms with Gasteiger partial charge < -0.3 is 10.2 Å². The van der Waals surface area contributed by atoms with Crippen LogP contribution < -0.4 is 0 Å². The molecule has 0 radical (unpaired) electrons. The number of carbonyl (C=O) groups excluding carboxylic acids is 1. The summed E-state index contributed by atoms with van der Waals surface area (Å²) in [6, 6.07) is 0. The molecule has 2 saturated carbocycles. The van der Waals surface area contributed by atoms with Crippen molar-refractivity contribution in [3.8, 4) is 0 Å². The van der Waals surface area contributed by atoms with Crippen LogP contribution in [0.15, 0.2) is 35.5 Å². The van der Waals surface area contributed by atoms with Gasteiger partial charge in [-0.05, 0) is 66.6 Å². The summed E-state index contributed by atoms with van der Waals surface area (Å²) < 4.78 is 0. The number of carbonyl (C=O) groups is 1. The van der Waals surface area contributed by atoms with E-state index in [4.69, 9.17) is 0 Å². The lowest BCUT2D eigenvalue weighted by Gasteiger charge is -2.61. The van der Waals surface area contributed by atoms with Crippen LogP contribution >= 0.6 is 0 Å². The van der Waals surface area contributed by atoms with Crippen LogP contribution in [-0.2, 0) is 4.79 Å². The Labute approximate surface area is 138 Å². The van der Waals surface area contributed by atoms with Crippen molar-refractivity contribution in [1.29, 1.82) is 0 Å². The number of aliphatic hydroxyl groups excluding tert-OH is 1. The van der Waals surface area contributed by atoms with E-state index in [1.807, 2.05) is 0 Å². The molecule has 0 heterocycles. The van der Waals surface area contributed by atoms with Gasteiger partial charge in [-0.15, -0.1) is 0 Å². The first-order valence-corrected chi connectivity index (χ1v) is 8.60. The summed E-state index contributed by atoms with van der Waals surface area (Å²) in [5.74, 6) is 0.230. The molecular formula is C20H28O3. The molecule has 0 spiro atoms. The highest BCUT2D eigenvalue weighted by molar-refractivity contribution is 6.07. The van der Waals surface area contributed by atoms with E-state index in [9.17, 15) is 15.0 Å². The first kappa shape index (κ1) is 16.7. The molecule has 126 valence electrons. The Balaban J connectivity index is 2.16. The van der Waals surface area contributed by atoms with Crippen LogP contribution in [0.4, 0.5) is 0 Å². The van der Waals surface area contributed by atoms with E-state index in [2.05, 4.69) is 27.4 Å². The molecule has 0 bridgehead atoms. The Morgan fingerprint density at radius 2 is 1.91 bits per heavy atom. The average molecular weight is 316 g/mol. The zero-order valence-corrected chi connectivity index (χ0v) is 14.6. The van der Waals surface area contributed by atoms with Crippen LogP contribution in [0.25, 0.3) is 0 Å². The summed E-state index contributed by atoms with van der Waals surface area (Å²) in [6.07, 6.45) is 5.91. The third-order valence-electron chi connectivity index (χ3n) is 7.02. The monoisotopic (exact) mass is 316 g/mol. The van der Waals surface area contributed by atoms with Gasteiger partial charge in [0.1, 0.15) is 5.60 Å². The van der Waals surface area contributed by atoms with E-state index in [-0.39, 0.29) is 28.6 Å². The predicted octanol–water partition coefficient (Wildman–Crippen LogP) is 3.33. The number of rotatable bonds is 1. The highest BCUT2D eigenvalue weighted by Gasteiger charge is 2.60. The SMILES string of the molecule is C=CC1=C(C)C(=O)C=C2[C@]1(O)CC[C@@H]1C(C)(C)[C@H](O)CC[C@@]21C. The van der Waals surface area contributed by atoms with Crippen LogP contribution in [-0.4, -0.2) is 27.7 Å². The predicted molar refractivity (Wildman–Crippen MR) is 90.8 cm³/mol. The van der Waals surface area contributed by atoms with Crippen molar-refractivity contribution in [1.82, 2.24) is 0 Å². The van der Waals surface area contributed by atoms with E-state index in [1.165, 1.54) is 0 Å². The third-order valence-corrected chi connectivity index (χ3v) is 7.02. The smallest absolute Gasteiger partial charge is 0.182 e. The maximum absolute atomic E-state index is 12.5. The molecule has 2 N–H and O–H groups in total. The van der Waals surface area contributed by atoms with Crippen molar-refractivity contribution >= 4 is 5.78 Å². The maximum atomic E-state index is 12.5. The third kappa shape index (κ3) is 1.99. The molecule has 0 aromatic heterocycles. The Hall–Kier alpha value is -1.19. The van der Waals surface area contributed by atoms with Gasteiger partial charge in [-0.3, -0.25) is 4.79 Å². The number of hydrogen-bond acceptors (Lipinski definition) is 3. The van der Waals surface area contributed by atoms with Gasteiger partial charge in [0.15, 0.2) is 5.78 Å². The number of hydrogen-bond donors (Lipinski definition) is 2. The number of fused-ring (bicyclic) bond motifs is 3. The van der Waals surface area contributed by atoms with Crippen LogP contribution in [0, 0.1) is 16.7 Å². The van der Waals surface area contributed by atoms with Crippen LogP contribution in [0.1, 0.15) is 53.4 Å². The first-order valence-electron chi connectivity index (χ1n) is 8.60. The fraction of sp³-hybridized carbons (Fsp3) is 0.650. The molecule has 3 aliphatic rings. The van der Waals surface area contributed by atoms with E-state index in [0.717, 1.165) is 18.4 Å². The van der Waals surface area contributed by atoms with Gasteiger partial charge in [-0.25, -0.2) is 0 Å². The number of aliphatic hydroxyl groups is 2. The summed E-state index contributed by atoms with van der Waals surface area (Å²) in [7, 11) is 0. The lowest BCUT2D eigenvalue weighted by molar-refractivity contribution is -0.121. The van der Waals surface area contributed by atoms with Gasteiger partial charge in [0, 0.05) is 5.57 Å². The highest BCUT2D eigenvalue weighted by atomic mass is 16.3. The quantitative estimate of drug-likeness (QED) is 0.780. The van der Waals surface area contributed by atoms with Gasteiger partial charge in [0.25, 0.3) is 0 Å². The Morgan fingerprint density at radius 3 is 2.52 bits per heavy atom. The van der Waals surface area contributed by atoms with Crippen molar-refractivity contribution in [3.63, 3.8) is 0 Å². The Morgan fingerprint density at radius 1 is 1.26 bits per heavy atom. The molecule has 0 aromatic rings. The average Bonchev–Trinajstić information content (AvgIpc) is 2.47. The van der Waals surface area contributed by atoms with Gasteiger partial charge in [0.2, 0.25) is 0 Å². The van der Waals surface area contributed by atoms with Crippen molar-refractivity contribution in [3.05, 3.63) is 35.5 Å². The minimum Gasteiger partial charge on any atom is -0.393 e. The second-order valence-electron chi connectivity index (χ2n) is 8.41. The van der Waals surface area contributed by atoms with Crippen molar-refractivity contribution in [2.24, 2.45) is 16.7 Å². The minimum atomic E-state index is -1.08. The molecule has 3 aliphatic carbocycles. The molecular weight excluding hydrogens is 288 g/mol. The van der Waals surface area contributed by atoms with E-state index in [0.29, 0.717) is 24.0 Å². The molecule has 2 fully saturated rings. The van der Waals surface area contributed by atoms with Crippen molar-refractivity contribution in [2.75, 3.05) is 0 Å². The zero-order valence-electron chi connectivity index (χ0n) is 14.6. The normalized spacial score (nSPS) is 42.7. The molecule has 23 heavy (non-hydrogen) atoms. The van der Waals surface area contributed by atoms with Crippen molar-refractivity contribution in [2.45, 2.75) is 65.1 Å². The maximum Gasteiger partial charge on any atom is 0.182 e. The molecule has 3 heteroatoms. The summed E-state index contributed by atoms with van der Waals surface area (Å²) in [4.78, 5) is 12.5. The summed E-state index contributed by atoms with van der Waals surface area (Å²) in [5, 5.41) is 21.9. The van der Waals surface area contributed by atoms with Crippen molar-refractivity contribution < 1.29 is 15.0 Å². The van der Waals surface area contributed by atoms with Gasteiger partial charge in [-0.1, -0.05) is 33.4 Å². The van der Waals surface area contributed by atoms with Crippen LogP contribution in [0.5, 0.6) is 0 Å². The van der Waals surface area contributed by atoms with Crippen LogP contribution in [0.3, 0.4) is 0 Å². The minimum absolute atomic E-state index is 0.0228. The van der Waals surface area contributed by atoms with Gasteiger partial charge in [-0.2, -0.15) is 0 Å².